The third-order valence-corrected chi connectivity index (χ3v) is 19.5. The van der Waals surface area contributed by atoms with Crippen molar-refractivity contribution in [2.45, 2.75) is 19.8 Å². The largest absolute Gasteiger partial charge is 1.00 e. The number of likely N-dealkylation sites (N-methyl/N-ethyl adjacent to an activating group) is 2. The zero-order valence-corrected chi connectivity index (χ0v) is 67.6. The second kappa shape index (κ2) is 41.7. The number of carbonyl (C=O) groups is 7. The standard InChI is InChI=1S/C28H28BN5O2.C17H13BN2O3.C16H13BN2O2.C15H12N2O2.C11H17N3.C2H5O.Na/c1-33-11-13-34(14-12-33)23-8-6-21(7-9-23)30-17-25-24-10-5-20(16-26(24)32-28(25)36)27(35)19-3-2-4-22(15-19)31-18-29;18-9-19-12-3-1-2-10(6-12)16(22)11-4-5-13-14(8-21)17(23)20-15(13)7-11;17-9-18-13-3-1-2-11(6-13)16(21)12-5-4-10-8-15(20)19-14(10)7-12;16-12-3-1-2-10(6-12)15(19)11-5-4-9-8-14(18)17-13(9)7-11;1-13-6-8-14(9-7-13)11-4-2-10(12)3-5-11;1-2-3;/h2-10,15-17,31-32,36H,11-14,18H2,1H3;1-8,19-20,23H,9H2;1-7,18H,8-9H2,(H,19,20);1-7H,8,16H2,(H,17,18);2-5H,6-9,12H2,1H3;2H2,1H3;/q;;;;;-1;+1. The molecule has 10 aromatic carbocycles. The smallest absolute Gasteiger partial charge is 0.855 e. The molecule has 13 N–H and O–H groups in total. The normalized spacial score (nSPS) is 13.3. The van der Waals surface area contributed by atoms with Crippen molar-refractivity contribution in [2.75, 3.05) is 140 Å². The van der Waals surface area contributed by atoms with Crippen molar-refractivity contribution in [3.8, 4) is 11.8 Å². The number of benzene rings is 10. The average Bonchev–Trinajstić information content (AvgIpc) is 1.66. The molecule has 0 unspecified atom stereocenters. The molecule has 0 bridgehead atoms. The fourth-order valence-corrected chi connectivity index (χ4v) is 13.4. The van der Waals surface area contributed by atoms with Gasteiger partial charge in [-0.25, -0.2) is 0 Å². The molecule has 2 fully saturated rings. The van der Waals surface area contributed by atoms with Gasteiger partial charge in [-0.05, 0) is 166 Å². The number of piperazine rings is 2. The van der Waals surface area contributed by atoms with Crippen LogP contribution < -0.4 is 82.5 Å². The summed E-state index contributed by atoms with van der Waals surface area (Å²) in [6.45, 7) is 10.2. The molecule has 2 amide bonds. The van der Waals surface area contributed by atoms with Crippen LogP contribution in [0.3, 0.4) is 0 Å². The molecule has 0 saturated carbocycles. The van der Waals surface area contributed by atoms with Crippen molar-refractivity contribution in [2.24, 2.45) is 4.99 Å². The Morgan fingerprint density at radius 2 is 0.812 bits per heavy atom. The Labute approximate surface area is 705 Å². The van der Waals surface area contributed by atoms with Crippen LogP contribution in [0.5, 0.6) is 11.8 Å². The minimum atomic E-state index is -0.200. The summed E-state index contributed by atoms with van der Waals surface area (Å²) in [6, 6.07) is 65.4. The number of nitrogen functional groups attached to an aromatic ring is 2. The third kappa shape index (κ3) is 23.0. The maximum atomic E-state index is 13.0. The minimum absolute atomic E-state index is 0. The van der Waals surface area contributed by atoms with E-state index in [1.165, 1.54) is 11.4 Å². The van der Waals surface area contributed by atoms with Gasteiger partial charge in [-0.1, -0.05) is 104 Å². The summed E-state index contributed by atoms with van der Waals surface area (Å²) in [7, 11) is 20.7. The maximum Gasteiger partial charge on any atom is 1.00 e. The van der Waals surface area contributed by atoms with Gasteiger partial charge in [0.25, 0.3) is 0 Å². The predicted octanol–water partition coefficient (Wildman–Crippen LogP) is 7.94. The number of carbonyl (C=O) groups excluding carboxylic acids is 7. The molecule has 117 heavy (non-hydrogen) atoms. The summed E-state index contributed by atoms with van der Waals surface area (Å²) in [5.74, 6) is -0.713. The first kappa shape index (κ1) is 86.9. The van der Waals surface area contributed by atoms with E-state index in [9.17, 15) is 43.8 Å². The van der Waals surface area contributed by atoms with E-state index in [0.29, 0.717) is 97.7 Å². The maximum absolute atomic E-state index is 13.0. The monoisotopic (exact) mass is 1570 g/mol. The Morgan fingerprint density at radius 3 is 1.21 bits per heavy atom. The molecule has 6 radical (unpaired) electrons. The van der Waals surface area contributed by atoms with E-state index in [4.69, 9.17) is 40.1 Å². The number of amides is 2. The van der Waals surface area contributed by atoms with Gasteiger partial charge in [-0.3, -0.25) is 38.6 Å². The van der Waals surface area contributed by atoms with E-state index < -0.39 is 0 Å². The fourth-order valence-electron chi connectivity index (χ4n) is 13.4. The second-order valence-electron chi connectivity index (χ2n) is 27.7. The zero-order valence-electron chi connectivity index (χ0n) is 65.6. The number of aldehydes is 1. The number of H-pyrrole nitrogens is 2. The van der Waals surface area contributed by atoms with Crippen LogP contribution >= 0.6 is 0 Å². The molecule has 2 aromatic heterocycles. The van der Waals surface area contributed by atoms with Gasteiger partial charge in [-0.2, -0.15) is 0 Å². The van der Waals surface area contributed by atoms with E-state index in [1.54, 1.807) is 141 Å². The number of nitrogens with zero attached hydrogens (tertiary/aromatic N) is 5. The molecule has 4 aliphatic heterocycles. The Bertz CT molecular complexity index is 5550. The van der Waals surface area contributed by atoms with Crippen LogP contribution in [0, 0.1) is 0 Å². The van der Waals surface area contributed by atoms with Crippen molar-refractivity contribution in [3.63, 3.8) is 0 Å². The number of aromatic nitrogens is 2. The Kier molecular flexibility index (Phi) is 31.0. The average molecular weight is 1570 g/mol. The van der Waals surface area contributed by atoms with Gasteiger partial charge in [0.15, 0.2) is 41.2 Å². The number of aromatic hydroxyl groups is 2. The second-order valence-corrected chi connectivity index (χ2v) is 27.7. The molecule has 4 aliphatic rings. The van der Waals surface area contributed by atoms with E-state index in [-0.39, 0.29) is 101 Å². The molecule has 584 valence electrons. The molecule has 0 aliphatic carbocycles. The van der Waals surface area contributed by atoms with Crippen LogP contribution in [0.1, 0.15) is 97.7 Å². The first-order valence-electron chi connectivity index (χ1n) is 37.7. The fraction of sp³-hybridized carbons (Fsp3) is 0.191. The quantitative estimate of drug-likeness (QED) is 0.0120. The SMILES string of the molecule is CC[O-].CN1CCN(c2ccc(N)cc2)CC1.Nc1cccc(C(=O)c2ccc3c(c2)NC(=O)C3)c1.[B]CNc1cccc(C(=O)c2ccc3c(C=Nc4ccc(N5CCN(C)CC5)cc4)c(O)[nH]c3c2)c1.[B]CNc1cccc(C(=O)c2ccc3c(C=O)c(O)[nH]c3c2)c1.[B]CNc1cccc(C(=O)c2ccc3c(c2)NC(=O)C3)c1.[Na+]. The van der Waals surface area contributed by atoms with Gasteiger partial charge in [0.2, 0.25) is 11.8 Å². The summed E-state index contributed by atoms with van der Waals surface area (Å²) in [5, 5.41) is 44.9. The van der Waals surface area contributed by atoms with E-state index in [0.717, 1.165) is 109 Å². The van der Waals surface area contributed by atoms with Crippen LogP contribution in [0.2, 0.25) is 0 Å². The number of nitrogens with one attached hydrogen (secondary N) is 7. The van der Waals surface area contributed by atoms with E-state index in [2.05, 4.69) is 99.5 Å². The molecule has 12 aromatic rings. The molecule has 24 nitrogen and oxygen atoms in total. The number of rotatable bonds is 19. The van der Waals surface area contributed by atoms with Gasteiger partial charge >= 0.3 is 29.6 Å². The van der Waals surface area contributed by atoms with Gasteiger partial charge in [-0.15, -0.1) is 6.61 Å². The Morgan fingerprint density at radius 1 is 0.462 bits per heavy atom. The minimum Gasteiger partial charge on any atom is -0.855 e. The molecule has 6 heterocycles. The van der Waals surface area contributed by atoms with Crippen LogP contribution in [0.15, 0.2) is 223 Å². The predicted molar refractivity (Wildman–Crippen MR) is 464 cm³/mol. The Balaban J connectivity index is 0.000000158. The van der Waals surface area contributed by atoms with Crippen molar-refractivity contribution in [1.29, 1.82) is 0 Å². The zero-order chi connectivity index (χ0) is 82.4. The first-order valence-corrected chi connectivity index (χ1v) is 37.7. The van der Waals surface area contributed by atoms with Crippen molar-refractivity contribution < 1.29 is 78.4 Å². The molecule has 28 heteroatoms. The van der Waals surface area contributed by atoms with Crippen LogP contribution in [-0.4, -0.2) is 193 Å². The number of hydrogen-bond acceptors (Lipinski definition) is 20. The number of ketones is 4. The molecule has 16 rings (SSSR count). The number of hydrogen-bond donors (Lipinski definition) is 11. The van der Waals surface area contributed by atoms with Crippen molar-refractivity contribution in [3.05, 3.63) is 285 Å². The number of fused-ring (bicyclic) bond motifs is 4. The Hall–Kier alpha value is -12.5. The first-order chi connectivity index (χ1) is 56.1. The molecular formula is C89H88B3N14NaO10. The summed E-state index contributed by atoms with van der Waals surface area (Å²) in [6.07, 6.45) is 3.86. The van der Waals surface area contributed by atoms with Crippen molar-refractivity contribution in [1.82, 2.24) is 19.8 Å². The van der Waals surface area contributed by atoms with Crippen LogP contribution in [0.25, 0.3) is 21.8 Å². The topological polar surface area (TPSA) is 352 Å². The van der Waals surface area contributed by atoms with Gasteiger partial charge in [0.1, 0.15) is 0 Å². The molecule has 0 atom stereocenters. The molecular weight excluding hydrogens is 1480 g/mol. The summed E-state index contributed by atoms with van der Waals surface area (Å²) in [5.41, 5.74) is 27.9. The number of nitrogens with two attached hydrogens (primary N) is 2. The van der Waals surface area contributed by atoms with Gasteiger partial charge in [0.05, 0.1) is 53.2 Å². The molecule has 0 spiro atoms. The van der Waals surface area contributed by atoms with E-state index in [1.807, 2.05) is 66.7 Å². The van der Waals surface area contributed by atoms with Gasteiger partial charge in [0, 0.05) is 176 Å². The summed E-state index contributed by atoms with van der Waals surface area (Å²) in [4.78, 5) is 104. The van der Waals surface area contributed by atoms with Crippen LogP contribution in [0.4, 0.5) is 56.9 Å². The van der Waals surface area contributed by atoms with Crippen LogP contribution in [-0.2, 0) is 22.4 Å². The summed E-state index contributed by atoms with van der Waals surface area (Å²) < 4.78 is 0. The number of aliphatic imine (C=N–C) groups is 1. The number of anilines is 9. The van der Waals surface area contributed by atoms with Crippen molar-refractivity contribution >= 4 is 150 Å². The number of aromatic amines is 2. The summed E-state index contributed by atoms with van der Waals surface area (Å²) >= 11 is 0. The van der Waals surface area contributed by atoms with Gasteiger partial charge < -0.3 is 82.9 Å². The third-order valence-electron chi connectivity index (χ3n) is 19.5. The van der Waals surface area contributed by atoms with E-state index >= 15 is 0 Å². The molecule has 2 saturated heterocycles.